The smallest absolute Gasteiger partial charge is 0.276 e. The molecule has 6 heteroatoms. The SMILES string of the molecule is Cc1cc(C(=O)NNC(=O)COc2ccc(C(C)C)c(C)c2)c(C)o1. The molecule has 0 radical (unpaired) electrons. The van der Waals surface area contributed by atoms with Crippen LogP contribution in [0.4, 0.5) is 0 Å². The van der Waals surface area contributed by atoms with Gasteiger partial charge in [-0.2, -0.15) is 0 Å². The van der Waals surface area contributed by atoms with Crippen LogP contribution in [-0.2, 0) is 4.79 Å². The van der Waals surface area contributed by atoms with Crippen LogP contribution in [0.15, 0.2) is 28.7 Å². The molecule has 0 fully saturated rings. The van der Waals surface area contributed by atoms with Crippen molar-refractivity contribution in [3.8, 4) is 5.75 Å². The van der Waals surface area contributed by atoms with Crippen LogP contribution in [0.3, 0.4) is 0 Å². The summed E-state index contributed by atoms with van der Waals surface area (Å²) in [5, 5.41) is 0. The summed E-state index contributed by atoms with van der Waals surface area (Å²) in [4.78, 5) is 23.8. The Morgan fingerprint density at radius 3 is 2.40 bits per heavy atom. The first-order valence-corrected chi connectivity index (χ1v) is 8.17. The number of hydrazine groups is 1. The molecular weight excluding hydrogens is 320 g/mol. The zero-order chi connectivity index (χ0) is 18.6. The van der Waals surface area contributed by atoms with Crippen LogP contribution < -0.4 is 15.6 Å². The van der Waals surface area contributed by atoms with Gasteiger partial charge in [0.2, 0.25) is 0 Å². The van der Waals surface area contributed by atoms with E-state index < -0.39 is 11.8 Å². The van der Waals surface area contributed by atoms with Gasteiger partial charge in [0.25, 0.3) is 11.8 Å². The summed E-state index contributed by atoms with van der Waals surface area (Å²) in [7, 11) is 0. The molecule has 2 aromatic rings. The third-order valence-corrected chi connectivity index (χ3v) is 3.83. The van der Waals surface area contributed by atoms with Crippen molar-refractivity contribution in [1.82, 2.24) is 10.9 Å². The van der Waals surface area contributed by atoms with Gasteiger partial charge in [0.05, 0.1) is 5.56 Å². The molecule has 2 N–H and O–H groups in total. The minimum atomic E-state index is -0.447. The zero-order valence-corrected chi connectivity index (χ0v) is 15.2. The first-order chi connectivity index (χ1) is 11.8. The Balaban J connectivity index is 1.84. The van der Waals surface area contributed by atoms with Crippen LogP contribution in [-0.4, -0.2) is 18.4 Å². The van der Waals surface area contributed by atoms with Gasteiger partial charge in [-0.25, -0.2) is 0 Å². The van der Waals surface area contributed by atoms with Gasteiger partial charge < -0.3 is 9.15 Å². The van der Waals surface area contributed by atoms with Crippen molar-refractivity contribution in [3.63, 3.8) is 0 Å². The number of hydrogen-bond acceptors (Lipinski definition) is 4. The number of amides is 2. The average Bonchev–Trinajstić information content (AvgIpc) is 2.88. The molecule has 0 aliphatic carbocycles. The number of benzene rings is 1. The van der Waals surface area contributed by atoms with E-state index in [0.717, 1.165) is 5.56 Å². The van der Waals surface area contributed by atoms with Crippen LogP contribution in [0.25, 0.3) is 0 Å². The molecule has 1 heterocycles. The van der Waals surface area contributed by atoms with Crippen molar-refractivity contribution < 1.29 is 18.7 Å². The molecule has 2 rings (SSSR count). The Hall–Kier alpha value is -2.76. The lowest BCUT2D eigenvalue weighted by molar-refractivity contribution is -0.123. The Morgan fingerprint density at radius 2 is 1.84 bits per heavy atom. The van der Waals surface area contributed by atoms with E-state index in [-0.39, 0.29) is 6.61 Å². The van der Waals surface area contributed by atoms with Gasteiger partial charge >= 0.3 is 0 Å². The fraction of sp³-hybridized carbons (Fsp3) is 0.368. The van der Waals surface area contributed by atoms with E-state index in [4.69, 9.17) is 9.15 Å². The maximum absolute atomic E-state index is 12.0. The molecule has 1 aromatic carbocycles. The largest absolute Gasteiger partial charge is 0.484 e. The normalized spacial score (nSPS) is 10.6. The summed E-state index contributed by atoms with van der Waals surface area (Å²) in [6.45, 7) is 9.52. The topological polar surface area (TPSA) is 80.6 Å². The van der Waals surface area contributed by atoms with E-state index in [1.165, 1.54) is 5.56 Å². The molecule has 134 valence electrons. The van der Waals surface area contributed by atoms with E-state index in [9.17, 15) is 9.59 Å². The van der Waals surface area contributed by atoms with Gasteiger partial charge in [-0.1, -0.05) is 19.9 Å². The quantitative estimate of drug-likeness (QED) is 0.817. The number of aryl methyl sites for hydroxylation is 3. The fourth-order valence-electron chi connectivity index (χ4n) is 2.62. The molecule has 0 bridgehead atoms. The number of carbonyl (C=O) groups is 2. The minimum Gasteiger partial charge on any atom is -0.484 e. The van der Waals surface area contributed by atoms with Crippen molar-refractivity contribution in [2.24, 2.45) is 0 Å². The van der Waals surface area contributed by atoms with Crippen LogP contribution in [0.2, 0.25) is 0 Å². The van der Waals surface area contributed by atoms with E-state index in [1.807, 2.05) is 25.1 Å². The lowest BCUT2D eigenvalue weighted by Gasteiger charge is -2.12. The fourth-order valence-corrected chi connectivity index (χ4v) is 2.62. The average molecular weight is 344 g/mol. The second-order valence-corrected chi connectivity index (χ2v) is 6.29. The molecule has 0 atom stereocenters. The first-order valence-electron chi connectivity index (χ1n) is 8.17. The molecule has 0 aliphatic rings. The summed E-state index contributed by atoms with van der Waals surface area (Å²) in [6, 6.07) is 7.36. The van der Waals surface area contributed by atoms with Crippen molar-refractivity contribution >= 4 is 11.8 Å². The van der Waals surface area contributed by atoms with Crippen LogP contribution in [0.5, 0.6) is 5.75 Å². The van der Waals surface area contributed by atoms with Gasteiger partial charge in [0.15, 0.2) is 6.61 Å². The molecule has 25 heavy (non-hydrogen) atoms. The van der Waals surface area contributed by atoms with Crippen LogP contribution in [0, 0.1) is 20.8 Å². The van der Waals surface area contributed by atoms with E-state index in [1.54, 1.807) is 19.9 Å². The number of furan rings is 1. The Morgan fingerprint density at radius 1 is 1.12 bits per heavy atom. The van der Waals surface area contributed by atoms with E-state index >= 15 is 0 Å². The van der Waals surface area contributed by atoms with Gasteiger partial charge in [-0.3, -0.25) is 20.4 Å². The molecule has 2 amide bonds. The van der Waals surface area contributed by atoms with Crippen molar-refractivity contribution in [3.05, 3.63) is 52.5 Å². The second kappa shape index (κ2) is 7.88. The van der Waals surface area contributed by atoms with Gasteiger partial charge in [0.1, 0.15) is 17.3 Å². The Kier molecular flexibility index (Phi) is 5.85. The first kappa shape index (κ1) is 18.6. The highest BCUT2D eigenvalue weighted by Crippen LogP contribution is 2.23. The zero-order valence-electron chi connectivity index (χ0n) is 15.2. The molecule has 0 saturated heterocycles. The molecular formula is C19H24N2O4. The van der Waals surface area contributed by atoms with Gasteiger partial charge in [0, 0.05) is 0 Å². The molecule has 6 nitrogen and oxygen atoms in total. The maximum Gasteiger partial charge on any atom is 0.276 e. The summed E-state index contributed by atoms with van der Waals surface area (Å²) in [5.74, 6) is 1.31. The van der Waals surface area contributed by atoms with Crippen molar-refractivity contribution in [2.75, 3.05) is 6.61 Å². The number of nitrogens with one attached hydrogen (secondary N) is 2. The van der Waals surface area contributed by atoms with Crippen LogP contribution in [0.1, 0.15) is 52.8 Å². The summed E-state index contributed by atoms with van der Waals surface area (Å²) >= 11 is 0. The molecule has 0 saturated carbocycles. The highest BCUT2D eigenvalue weighted by atomic mass is 16.5. The molecule has 0 unspecified atom stereocenters. The number of hydrogen-bond donors (Lipinski definition) is 2. The maximum atomic E-state index is 12.0. The predicted molar refractivity (Wildman–Crippen MR) is 94.6 cm³/mol. The van der Waals surface area contributed by atoms with Crippen molar-refractivity contribution in [1.29, 1.82) is 0 Å². The lowest BCUT2D eigenvalue weighted by atomic mass is 9.98. The predicted octanol–water partition coefficient (Wildman–Crippen LogP) is 3.17. The lowest BCUT2D eigenvalue weighted by Crippen LogP contribution is -2.43. The molecule has 0 aliphatic heterocycles. The third-order valence-electron chi connectivity index (χ3n) is 3.83. The Labute approximate surface area is 147 Å². The monoisotopic (exact) mass is 344 g/mol. The van der Waals surface area contributed by atoms with Gasteiger partial charge in [-0.05, 0) is 56.0 Å². The van der Waals surface area contributed by atoms with Crippen LogP contribution >= 0.6 is 0 Å². The third kappa shape index (κ3) is 4.86. The molecule has 1 aromatic heterocycles. The molecule has 0 spiro atoms. The number of rotatable bonds is 5. The summed E-state index contributed by atoms with van der Waals surface area (Å²) in [6.07, 6.45) is 0. The second-order valence-electron chi connectivity index (χ2n) is 6.29. The Bertz CT molecular complexity index is 778. The number of ether oxygens (including phenoxy) is 1. The standard InChI is InChI=1S/C19H24N2O4/c1-11(2)16-7-6-15(8-12(16)3)24-10-18(22)20-21-19(23)17-9-13(4)25-14(17)5/h6-9,11H,10H2,1-5H3,(H,20,22)(H,21,23). The van der Waals surface area contributed by atoms with E-state index in [2.05, 4.69) is 24.7 Å². The highest BCUT2D eigenvalue weighted by Gasteiger charge is 2.14. The minimum absolute atomic E-state index is 0.190. The summed E-state index contributed by atoms with van der Waals surface area (Å²) in [5.41, 5.74) is 7.42. The summed E-state index contributed by atoms with van der Waals surface area (Å²) < 4.78 is 10.8. The van der Waals surface area contributed by atoms with E-state index in [0.29, 0.717) is 28.8 Å². The van der Waals surface area contributed by atoms with Crippen molar-refractivity contribution in [2.45, 2.75) is 40.5 Å². The number of carbonyl (C=O) groups excluding carboxylic acids is 2. The van der Waals surface area contributed by atoms with Gasteiger partial charge in [-0.15, -0.1) is 0 Å². The highest BCUT2D eigenvalue weighted by molar-refractivity contribution is 5.96.